The van der Waals surface area contributed by atoms with Gasteiger partial charge in [-0.1, -0.05) is 23.4 Å². The second kappa shape index (κ2) is 8.19. The van der Waals surface area contributed by atoms with Gasteiger partial charge in [-0.25, -0.2) is 4.79 Å². The van der Waals surface area contributed by atoms with Crippen LogP contribution in [0.15, 0.2) is 58.3 Å². The number of carbonyl (C=O) groups is 2. The lowest BCUT2D eigenvalue weighted by Gasteiger charge is -2.20. The van der Waals surface area contributed by atoms with Crippen molar-refractivity contribution in [3.05, 3.63) is 54.5 Å². The zero-order valence-corrected chi connectivity index (χ0v) is 14.0. The van der Waals surface area contributed by atoms with Gasteiger partial charge in [0.15, 0.2) is 11.6 Å². The number of amidine groups is 1. The molecule has 136 valence electrons. The fourth-order valence-corrected chi connectivity index (χ4v) is 2.66. The number of furan rings is 1. The Morgan fingerprint density at radius 3 is 2.77 bits per heavy atom. The monoisotopic (exact) mass is 357 g/mol. The number of para-hydroxylation sites is 1. The first-order valence-electron chi connectivity index (χ1n) is 8.20. The Morgan fingerprint density at radius 2 is 2.04 bits per heavy atom. The van der Waals surface area contributed by atoms with E-state index in [4.69, 9.17) is 19.7 Å². The largest absolute Gasteiger partial charge is 0.486 e. The summed E-state index contributed by atoms with van der Waals surface area (Å²) in [7, 11) is 0. The number of rotatable bonds is 6. The average molecular weight is 357 g/mol. The van der Waals surface area contributed by atoms with Crippen LogP contribution in [0.5, 0.6) is 5.75 Å². The number of benzene rings is 1. The second-order valence-electron chi connectivity index (χ2n) is 5.73. The molecule has 1 aromatic carbocycles. The number of amides is 1. The third-order valence-corrected chi connectivity index (χ3v) is 3.90. The Hall–Kier alpha value is -3.29. The summed E-state index contributed by atoms with van der Waals surface area (Å²) in [6, 6.07) is 11.5. The minimum absolute atomic E-state index is 0.0169. The molecule has 2 heterocycles. The molecular weight excluding hydrogens is 338 g/mol. The number of oxime groups is 1. The van der Waals surface area contributed by atoms with E-state index in [1.165, 1.54) is 11.2 Å². The predicted octanol–water partition coefficient (Wildman–Crippen LogP) is 1.78. The number of nitrogens with two attached hydrogens (primary N) is 1. The van der Waals surface area contributed by atoms with E-state index in [1.807, 2.05) is 18.2 Å². The summed E-state index contributed by atoms with van der Waals surface area (Å²) in [6.07, 6.45) is 2.61. The molecule has 1 aliphatic rings. The highest BCUT2D eigenvalue weighted by Crippen LogP contribution is 2.21. The molecular formula is C18H19N3O5. The molecule has 1 aliphatic heterocycles. The number of hydrogen-bond donors (Lipinski definition) is 1. The maximum absolute atomic E-state index is 12.4. The third kappa shape index (κ3) is 4.21. The van der Waals surface area contributed by atoms with Gasteiger partial charge in [0.2, 0.25) is 0 Å². The van der Waals surface area contributed by atoms with Crippen molar-refractivity contribution in [2.75, 3.05) is 13.2 Å². The molecule has 8 nitrogen and oxygen atoms in total. The first-order chi connectivity index (χ1) is 12.6. The minimum atomic E-state index is -0.709. The first kappa shape index (κ1) is 17.5. The van der Waals surface area contributed by atoms with Gasteiger partial charge in [0.25, 0.3) is 5.91 Å². The number of nitrogens with zero attached hydrogens (tertiary/aromatic N) is 2. The highest BCUT2D eigenvalue weighted by Gasteiger charge is 2.37. The summed E-state index contributed by atoms with van der Waals surface area (Å²) < 4.78 is 10.5. The van der Waals surface area contributed by atoms with Crippen LogP contribution in [0.25, 0.3) is 0 Å². The van der Waals surface area contributed by atoms with Gasteiger partial charge in [-0.05, 0) is 37.1 Å². The van der Waals surface area contributed by atoms with Gasteiger partial charge in [0.05, 0.1) is 6.26 Å². The van der Waals surface area contributed by atoms with Crippen LogP contribution < -0.4 is 10.5 Å². The quantitative estimate of drug-likeness (QED) is 0.365. The summed E-state index contributed by atoms with van der Waals surface area (Å²) >= 11 is 0. The second-order valence-corrected chi connectivity index (χ2v) is 5.73. The molecule has 1 atom stereocenters. The molecule has 0 aliphatic carbocycles. The van der Waals surface area contributed by atoms with Gasteiger partial charge in [-0.15, -0.1) is 0 Å². The van der Waals surface area contributed by atoms with Crippen LogP contribution >= 0.6 is 0 Å². The summed E-state index contributed by atoms with van der Waals surface area (Å²) in [5, 5.41) is 3.60. The Kier molecular flexibility index (Phi) is 5.52. The lowest BCUT2D eigenvalue weighted by Crippen LogP contribution is -2.41. The zero-order valence-electron chi connectivity index (χ0n) is 14.0. The van der Waals surface area contributed by atoms with Crippen molar-refractivity contribution in [1.82, 2.24) is 4.90 Å². The maximum Gasteiger partial charge on any atom is 0.357 e. The molecule has 0 spiro atoms. The van der Waals surface area contributed by atoms with E-state index < -0.39 is 12.0 Å². The minimum Gasteiger partial charge on any atom is -0.486 e. The molecule has 8 heteroatoms. The van der Waals surface area contributed by atoms with Gasteiger partial charge < -0.3 is 24.6 Å². The van der Waals surface area contributed by atoms with E-state index in [0.717, 1.165) is 0 Å². The fourth-order valence-electron chi connectivity index (χ4n) is 2.66. The zero-order chi connectivity index (χ0) is 18.4. The predicted molar refractivity (Wildman–Crippen MR) is 92.4 cm³/mol. The van der Waals surface area contributed by atoms with Crippen LogP contribution in [0.1, 0.15) is 23.4 Å². The Labute approximate surface area is 150 Å². The van der Waals surface area contributed by atoms with Crippen molar-refractivity contribution in [3.63, 3.8) is 0 Å². The SMILES string of the molecule is NC(COc1ccccc1)=NOC(=O)C1CCCN1C(=O)c1ccco1. The summed E-state index contributed by atoms with van der Waals surface area (Å²) in [5.74, 6) is -0.153. The van der Waals surface area contributed by atoms with Crippen molar-refractivity contribution < 1.29 is 23.6 Å². The smallest absolute Gasteiger partial charge is 0.357 e. The summed E-state index contributed by atoms with van der Waals surface area (Å²) in [6.45, 7) is 0.437. The number of carbonyl (C=O) groups excluding carboxylic acids is 2. The van der Waals surface area contributed by atoms with E-state index in [1.54, 1.807) is 24.3 Å². The number of ether oxygens (including phenoxy) is 1. The molecule has 0 bridgehead atoms. The van der Waals surface area contributed by atoms with Crippen LogP contribution in [0.4, 0.5) is 0 Å². The van der Waals surface area contributed by atoms with Crippen LogP contribution in [-0.2, 0) is 9.63 Å². The average Bonchev–Trinajstić information content (AvgIpc) is 3.36. The molecule has 1 aromatic heterocycles. The standard InChI is InChI=1S/C18H19N3O5/c19-16(12-25-13-6-2-1-3-7-13)20-26-18(23)14-8-4-10-21(14)17(22)15-9-5-11-24-15/h1-3,5-7,9,11,14H,4,8,10,12H2,(H2,19,20). The van der Waals surface area contributed by atoms with E-state index in [0.29, 0.717) is 25.1 Å². The Balaban J connectivity index is 1.54. The summed E-state index contributed by atoms with van der Waals surface area (Å²) in [4.78, 5) is 30.9. The number of hydrogen-bond acceptors (Lipinski definition) is 6. The topological polar surface area (TPSA) is 107 Å². The van der Waals surface area contributed by atoms with Gasteiger partial charge >= 0.3 is 5.97 Å². The van der Waals surface area contributed by atoms with E-state index in [-0.39, 0.29) is 24.1 Å². The summed E-state index contributed by atoms with van der Waals surface area (Å²) in [5.41, 5.74) is 5.69. The molecule has 2 aromatic rings. The molecule has 2 N–H and O–H groups in total. The molecule has 1 amide bonds. The van der Waals surface area contributed by atoms with Crippen LogP contribution in [-0.4, -0.2) is 41.8 Å². The van der Waals surface area contributed by atoms with Crippen molar-refractivity contribution in [1.29, 1.82) is 0 Å². The Bertz CT molecular complexity index is 773. The molecule has 26 heavy (non-hydrogen) atoms. The maximum atomic E-state index is 12.4. The van der Waals surface area contributed by atoms with Gasteiger partial charge in [0.1, 0.15) is 18.4 Å². The van der Waals surface area contributed by atoms with Crippen molar-refractivity contribution in [2.24, 2.45) is 10.9 Å². The molecule has 1 saturated heterocycles. The van der Waals surface area contributed by atoms with E-state index in [9.17, 15) is 9.59 Å². The molecule has 0 radical (unpaired) electrons. The van der Waals surface area contributed by atoms with Crippen molar-refractivity contribution in [3.8, 4) is 5.75 Å². The van der Waals surface area contributed by atoms with Crippen LogP contribution in [0, 0.1) is 0 Å². The normalized spacial score (nSPS) is 17.2. The van der Waals surface area contributed by atoms with Crippen LogP contribution in [0.3, 0.4) is 0 Å². The third-order valence-electron chi connectivity index (χ3n) is 3.90. The first-order valence-corrected chi connectivity index (χ1v) is 8.20. The molecule has 1 fully saturated rings. The van der Waals surface area contributed by atoms with Crippen LogP contribution in [0.2, 0.25) is 0 Å². The lowest BCUT2D eigenvalue weighted by atomic mass is 10.2. The van der Waals surface area contributed by atoms with E-state index >= 15 is 0 Å². The van der Waals surface area contributed by atoms with Gasteiger partial charge in [-0.3, -0.25) is 4.79 Å². The highest BCUT2D eigenvalue weighted by molar-refractivity contribution is 5.95. The van der Waals surface area contributed by atoms with Gasteiger partial charge in [-0.2, -0.15) is 0 Å². The highest BCUT2D eigenvalue weighted by atomic mass is 16.7. The Morgan fingerprint density at radius 1 is 1.23 bits per heavy atom. The van der Waals surface area contributed by atoms with Gasteiger partial charge in [0, 0.05) is 6.54 Å². The molecule has 3 rings (SSSR count). The lowest BCUT2D eigenvalue weighted by molar-refractivity contribution is -0.148. The molecule has 0 saturated carbocycles. The number of likely N-dealkylation sites (tertiary alicyclic amines) is 1. The molecule has 1 unspecified atom stereocenters. The van der Waals surface area contributed by atoms with Crippen molar-refractivity contribution in [2.45, 2.75) is 18.9 Å². The van der Waals surface area contributed by atoms with E-state index in [2.05, 4.69) is 5.16 Å². The fraction of sp³-hybridized carbons (Fsp3) is 0.278. The van der Waals surface area contributed by atoms with Crippen molar-refractivity contribution >= 4 is 17.7 Å².